The Balaban J connectivity index is 2.50. The van der Waals surface area contributed by atoms with Gasteiger partial charge < -0.3 is 10.8 Å². The highest BCUT2D eigenvalue weighted by molar-refractivity contribution is 7.92. The molecule has 6 nitrogen and oxygen atoms in total. The van der Waals surface area contributed by atoms with Gasteiger partial charge in [0, 0.05) is 5.69 Å². The Hall–Kier alpha value is -2.61. The largest absolute Gasteiger partial charge is 0.478 e. The van der Waals surface area contributed by atoms with Crippen LogP contribution < -0.4 is 10.5 Å². The van der Waals surface area contributed by atoms with Crippen LogP contribution >= 0.6 is 0 Å². The maximum absolute atomic E-state index is 13.5. The zero-order chi connectivity index (χ0) is 15.6. The summed E-state index contributed by atoms with van der Waals surface area (Å²) in [6.07, 6.45) is 0. The van der Waals surface area contributed by atoms with E-state index in [1.807, 2.05) is 4.72 Å². The van der Waals surface area contributed by atoms with Crippen molar-refractivity contribution in [2.75, 3.05) is 10.5 Å². The van der Waals surface area contributed by atoms with Crippen LogP contribution in [-0.4, -0.2) is 19.5 Å². The normalized spacial score (nSPS) is 11.1. The fourth-order valence-corrected chi connectivity index (χ4v) is 2.94. The van der Waals surface area contributed by atoms with Crippen LogP contribution in [0.4, 0.5) is 15.8 Å². The minimum Gasteiger partial charge on any atom is -0.478 e. The lowest BCUT2D eigenvalue weighted by Crippen LogP contribution is -2.17. The number of halogens is 1. The fraction of sp³-hybridized carbons (Fsp3) is 0. The second-order valence-electron chi connectivity index (χ2n) is 4.15. The smallest absolute Gasteiger partial charge is 0.337 e. The lowest BCUT2D eigenvalue weighted by atomic mass is 10.2. The summed E-state index contributed by atoms with van der Waals surface area (Å²) in [6, 6.07) is 8.49. The van der Waals surface area contributed by atoms with Crippen molar-refractivity contribution in [1.29, 1.82) is 0 Å². The van der Waals surface area contributed by atoms with Gasteiger partial charge in [0.15, 0.2) is 0 Å². The number of para-hydroxylation sites is 1. The van der Waals surface area contributed by atoms with Crippen molar-refractivity contribution in [2.45, 2.75) is 4.90 Å². The Morgan fingerprint density at radius 3 is 2.48 bits per heavy atom. The third kappa shape index (κ3) is 3.11. The van der Waals surface area contributed by atoms with Gasteiger partial charge in [0.25, 0.3) is 10.0 Å². The van der Waals surface area contributed by atoms with Crippen LogP contribution in [0.25, 0.3) is 0 Å². The molecule has 0 aliphatic carbocycles. The van der Waals surface area contributed by atoms with E-state index in [-0.39, 0.29) is 11.4 Å². The van der Waals surface area contributed by atoms with Gasteiger partial charge in [0.1, 0.15) is 10.7 Å². The van der Waals surface area contributed by atoms with Gasteiger partial charge in [0.2, 0.25) is 0 Å². The summed E-state index contributed by atoms with van der Waals surface area (Å²) >= 11 is 0. The van der Waals surface area contributed by atoms with E-state index in [1.54, 1.807) is 0 Å². The predicted octanol–water partition coefficient (Wildman–Crippen LogP) is 1.91. The van der Waals surface area contributed by atoms with Gasteiger partial charge in [-0.25, -0.2) is 17.6 Å². The number of carboxylic acid groups (broad SMARTS) is 1. The molecule has 4 N–H and O–H groups in total. The molecule has 0 heterocycles. The van der Waals surface area contributed by atoms with Gasteiger partial charge in [-0.2, -0.15) is 0 Å². The molecule has 0 aliphatic rings. The monoisotopic (exact) mass is 310 g/mol. The molecule has 0 radical (unpaired) electrons. The first-order valence-electron chi connectivity index (χ1n) is 5.71. The molecule has 0 amide bonds. The summed E-state index contributed by atoms with van der Waals surface area (Å²) < 4.78 is 39.9. The number of nitrogens with one attached hydrogen (secondary N) is 1. The van der Waals surface area contributed by atoms with E-state index in [0.717, 1.165) is 18.2 Å². The minimum absolute atomic E-state index is 0.109. The number of nitrogens with two attached hydrogens (primary N) is 1. The van der Waals surface area contributed by atoms with E-state index in [9.17, 15) is 17.6 Å². The summed E-state index contributed by atoms with van der Waals surface area (Å²) in [4.78, 5) is 10.6. The summed E-state index contributed by atoms with van der Waals surface area (Å²) in [7, 11) is -4.25. The standard InChI is InChI=1S/C13H11FN2O4S/c14-10-3-1-2-4-11(10)16-21(19,20)12-6-5-8(15)7-9(12)13(17)18/h1-7,16H,15H2,(H,17,18). The number of benzene rings is 2. The van der Waals surface area contributed by atoms with Crippen molar-refractivity contribution in [3.8, 4) is 0 Å². The Morgan fingerprint density at radius 1 is 1.19 bits per heavy atom. The average molecular weight is 310 g/mol. The van der Waals surface area contributed by atoms with Crippen LogP contribution in [0.5, 0.6) is 0 Å². The zero-order valence-electron chi connectivity index (χ0n) is 10.6. The molecule has 0 fully saturated rings. The third-order valence-corrected chi connectivity index (χ3v) is 4.07. The van der Waals surface area contributed by atoms with Gasteiger partial charge in [-0.1, -0.05) is 12.1 Å². The van der Waals surface area contributed by atoms with Crippen LogP contribution in [0, 0.1) is 5.82 Å². The molecule has 0 saturated heterocycles. The van der Waals surface area contributed by atoms with E-state index >= 15 is 0 Å². The molecule has 2 rings (SSSR count). The molecule has 0 saturated carbocycles. The first-order chi connectivity index (χ1) is 9.81. The average Bonchev–Trinajstić information content (AvgIpc) is 2.40. The van der Waals surface area contributed by atoms with Gasteiger partial charge in [0.05, 0.1) is 11.3 Å². The van der Waals surface area contributed by atoms with Crippen molar-refractivity contribution in [3.05, 3.63) is 53.8 Å². The number of anilines is 2. The number of hydrogen-bond acceptors (Lipinski definition) is 4. The van der Waals surface area contributed by atoms with E-state index in [4.69, 9.17) is 10.8 Å². The number of aromatic carboxylic acids is 1. The number of hydrogen-bond donors (Lipinski definition) is 3. The summed E-state index contributed by atoms with van der Waals surface area (Å²) in [6.45, 7) is 0. The third-order valence-electron chi connectivity index (χ3n) is 2.64. The Kier molecular flexibility index (Phi) is 3.81. The van der Waals surface area contributed by atoms with E-state index in [0.29, 0.717) is 0 Å². The van der Waals surface area contributed by atoms with Gasteiger partial charge >= 0.3 is 5.97 Å². The lowest BCUT2D eigenvalue weighted by Gasteiger charge is -2.11. The van der Waals surface area contributed by atoms with Crippen molar-refractivity contribution < 1.29 is 22.7 Å². The van der Waals surface area contributed by atoms with Crippen molar-refractivity contribution in [1.82, 2.24) is 0 Å². The Labute approximate surface area is 120 Å². The molecule has 0 aliphatic heterocycles. The van der Waals surface area contributed by atoms with Crippen LogP contribution in [0.2, 0.25) is 0 Å². The predicted molar refractivity (Wildman–Crippen MR) is 75.0 cm³/mol. The molecule has 2 aromatic rings. The Bertz CT molecular complexity index is 806. The molecule has 0 bridgehead atoms. The molecule has 8 heteroatoms. The quantitative estimate of drug-likeness (QED) is 0.747. The first kappa shape index (κ1) is 14.8. The fourth-order valence-electron chi connectivity index (χ4n) is 1.69. The molecule has 21 heavy (non-hydrogen) atoms. The number of nitrogen functional groups attached to an aromatic ring is 1. The maximum Gasteiger partial charge on any atom is 0.337 e. The number of sulfonamides is 1. The molecular formula is C13H11FN2O4S. The van der Waals surface area contributed by atoms with Crippen LogP contribution in [0.15, 0.2) is 47.4 Å². The molecule has 0 spiro atoms. The number of rotatable bonds is 4. The number of carbonyl (C=O) groups is 1. The van der Waals surface area contributed by atoms with Gasteiger partial charge in [-0.15, -0.1) is 0 Å². The molecule has 2 aromatic carbocycles. The molecule has 110 valence electrons. The molecule has 0 aromatic heterocycles. The van der Waals surface area contributed by atoms with Crippen molar-refractivity contribution in [3.63, 3.8) is 0 Å². The summed E-state index contributed by atoms with van der Waals surface area (Å²) in [5.41, 5.74) is 4.80. The number of carboxylic acids is 1. The maximum atomic E-state index is 13.5. The second-order valence-corrected chi connectivity index (χ2v) is 5.80. The topological polar surface area (TPSA) is 109 Å². The highest BCUT2D eigenvalue weighted by Gasteiger charge is 2.23. The minimum atomic E-state index is -4.25. The summed E-state index contributed by atoms with van der Waals surface area (Å²) in [5, 5.41) is 9.05. The van der Waals surface area contributed by atoms with E-state index in [1.165, 1.54) is 24.3 Å². The summed E-state index contributed by atoms with van der Waals surface area (Å²) in [5.74, 6) is -2.22. The van der Waals surface area contributed by atoms with Crippen LogP contribution in [0.3, 0.4) is 0 Å². The molecule has 0 atom stereocenters. The first-order valence-corrected chi connectivity index (χ1v) is 7.20. The molecule has 0 unspecified atom stereocenters. The van der Waals surface area contributed by atoms with Crippen molar-refractivity contribution in [2.24, 2.45) is 0 Å². The SMILES string of the molecule is Nc1ccc(S(=O)(=O)Nc2ccccc2F)c(C(=O)O)c1. The van der Waals surface area contributed by atoms with Crippen LogP contribution in [0.1, 0.15) is 10.4 Å². The van der Waals surface area contributed by atoms with E-state index < -0.39 is 32.3 Å². The van der Waals surface area contributed by atoms with Gasteiger partial charge in [-0.05, 0) is 30.3 Å². The highest BCUT2D eigenvalue weighted by Crippen LogP contribution is 2.23. The van der Waals surface area contributed by atoms with E-state index in [2.05, 4.69) is 0 Å². The second kappa shape index (κ2) is 5.41. The van der Waals surface area contributed by atoms with Crippen molar-refractivity contribution >= 4 is 27.4 Å². The molecular weight excluding hydrogens is 299 g/mol. The lowest BCUT2D eigenvalue weighted by molar-refractivity contribution is 0.0692. The zero-order valence-corrected chi connectivity index (χ0v) is 11.4. The Morgan fingerprint density at radius 2 is 1.86 bits per heavy atom. The van der Waals surface area contributed by atoms with Gasteiger partial charge in [-0.3, -0.25) is 4.72 Å². The highest BCUT2D eigenvalue weighted by atomic mass is 32.2. The van der Waals surface area contributed by atoms with Crippen LogP contribution in [-0.2, 0) is 10.0 Å².